The second kappa shape index (κ2) is 6.00. The van der Waals surface area contributed by atoms with E-state index in [1.807, 2.05) is 0 Å². The summed E-state index contributed by atoms with van der Waals surface area (Å²) in [6, 6.07) is 3.40. The van der Waals surface area contributed by atoms with E-state index in [1.165, 1.54) is 6.07 Å². The minimum atomic E-state index is -1.38. The van der Waals surface area contributed by atoms with Crippen LogP contribution in [0.3, 0.4) is 0 Å². The lowest BCUT2D eigenvalue weighted by Crippen LogP contribution is -2.38. The van der Waals surface area contributed by atoms with E-state index < -0.39 is 17.3 Å². The summed E-state index contributed by atoms with van der Waals surface area (Å²) in [5.74, 6) is -2.51. The van der Waals surface area contributed by atoms with Gasteiger partial charge in [-0.05, 0) is 31.0 Å². The summed E-state index contributed by atoms with van der Waals surface area (Å²) in [6.45, 7) is 1.05. The third-order valence-electron chi connectivity index (χ3n) is 3.44. The average Bonchev–Trinajstić information content (AvgIpc) is 2.87. The van der Waals surface area contributed by atoms with Crippen LogP contribution in [-0.2, 0) is 4.74 Å². The van der Waals surface area contributed by atoms with E-state index in [9.17, 15) is 14.0 Å². The molecule has 0 saturated carbocycles. The molecular formula is C14H16FNO4. The Hall–Kier alpha value is -1.95. The van der Waals surface area contributed by atoms with Crippen LogP contribution in [0.25, 0.3) is 0 Å². The molecule has 2 rings (SSSR count). The van der Waals surface area contributed by atoms with Gasteiger partial charge in [-0.1, -0.05) is 0 Å². The number of amides is 1. The predicted octanol–water partition coefficient (Wildman–Crippen LogP) is 1.77. The molecule has 1 heterocycles. The molecule has 108 valence electrons. The van der Waals surface area contributed by atoms with E-state index in [-0.39, 0.29) is 17.5 Å². The molecule has 1 atom stereocenters. The Morgan fingerprint density at radius 3 is 2.90 bits per heavy atom. The first-order valence-corrected chi connectivity index (χ1v) is 6.37. The van der Waals surface area contributed by atoms with Gasteiger partial charge in [0.2, 0.25) is 0 Å². The molecule has 0 aromatic heterocycles. The third-order valence-corrected chi connectivity index (χ3v) is 3.44. The van der Waals surface area contributed by atoms with Crippen molar-refractivity contribution in [2.24, 2.45) is 0 Å². The molecule has 0 bridgehead atoms. The lowest BCUT2D eigenvalue weighted by Gasteiger charge is -2.24. The maximum absolute atomic E-state index is 13.3. The van der Waals surface area contributed by atoms with Crippen LogP contribution in [0.4, 0.5) is 4.39 Å². The van der Waals surface area contributed by atoms with Crippen molar-refractivity contribution < 1.29 is 23.8 Å². The van der Waals surface area contributed by atoms with Crippen LogP contribution in [0.1, 0.15) is 33.6 Å². The van der Waals surface area contributed by atoms with Crippen LogP contribution in [0.15, 0.2) is 18.2 Å². The van der Waals surface area contributed by atoms with Gasteiger partial charge in [-0.25, -0.2) is 9.18 Å². The molecule has 1 aliphatic rings. The number of aromatic carboxylic acids is 1. The standard InChI is InChI=1S/C14H16FNO4/c1-20-8-10-3-2-6-16(10)13(17)9-4-5-12(15)11(7-9)14(18)19/h4-5,7,10H,2-3,6,8H2,1H3,(H,18,19)/t10-/m1/s1. The van der Waals surface area contributed by atoms with Gasteiger partial charge in [-0.3, -0.25) is 4.79 Å². The molecule has 0 radical (unpaired) electrons. The van der Waals surface area contributed by atoms with Crippen molar-refractivity contribution in [2.45, 2.75) is 18.9 Å². The van der Waals surface area contributed by atoms with Crippen molar-refractivity contribution in [3.05, 3.63) is 35.1 Å². The van der Waals surface area contributed by atoms with Crippen LogP contribution in [-0.4, -0.2) is 48.2 Å². The zero-order valence-electron chi connectivity index (χ0n) is 11.1. The number of hydrogen-bond acceptors (Lipinski definition) is 3. The number of carboxylic acids is 1. The molecule has 1 fully saturated rings. The number of rotatable bonds is 4. The SMILES string of the molecule is COC[C@H]1CCCN1C(=O)c1ccc(F)c(C(=O)O)c1. The number of hydrogen-bond donors (Lipinski definition) is 1. The number of likely N-dealkylation sites (tertiary alicyclic amines) is 1. The zero-order valence-corrected chi connectivity index (χ0v) is 11.1. The van der Waals surface area contributed by atoms with E-state index in [1.54, 1.807) is 12.0 Å². The fourth-order valence-electron chi connectivity index (χ4n) is 2.46. The van der Waals surface area contributed by atoms with Gasteiger partial charge in [-0.2, -0.15) is 0 Å². The summed E-state index contributed by atoms with van der Waals surface area (Å²) in [4.78, 5) is 24.9. The van der Waals surface area contributed by atoms with E-state index in [0.717, 1.165) is 25.0 Å². The van der Waals surface area contributed by atoms with Crippen molar-refractivity contribution in [1.29, 1.82) is 0 Å². The Labute approximate surface area is 116 Å². The number of halogens is 1. The first kappa shape index (κ1) is 14.5. The summed E-state index contributed by atoms with van der Waals surface area (Å²) in [5, 5.41) is 8.89. The van der Waals surface area contributed by atoms with Gasteiger partial charge >= 0.3 is 5.97 Å². The number of methoxy groups -OCH3 is 1. The first-order valence-electron chi connectivity index (χ1n) is 6.37. The Kier molecular flexibility index (Phi) is 4.34. The minimum absolute atomic E-state index is 0.00849. The molecule has 0 spiro atoms. The molecule has 1 saturated heterocycles. The highest BCUT2D eigenvalue weighted by molar-refractivity contribution is 5.97. The fraction of sp³-hybridized carbons (Fsp3) is 0.429. The molecule has 1 aliphatic heterocycles. The van der Waals surface area contributed by atoms with E-state index in [4.69, 9.17) is 9.84 Å². The molecular weight excluding hydrogens is 265 g/mol. The summed E-state index contributed by atoms with van der Waals surface area (Å²) in [6.07, 6.45) is 1.74. The van der Waals surface area contributed by atoms with Crippen molar-refractivity contribution in [3.63, 3.8) is 0 Å². The van der Waals surface area contributed by atoms with Gasteiger partial charge in [0.05, 0.1) is 18.2 Å². The normalized spacial score (nSPS) is 18.3. The summed E-state index contributed by atoms with van der Waals surface area (Å²) in [5.41, 5.74) is -0.301. The molecule has 0 aliphatic carbocycles. The van der Waals surface area contributed by atoms with Gasteiger partial charge in [0, 0.05) is 19.2 Å². The summed E-state index contributed by atoms with van der Waals surface area (Å²) in [7, 11) is 1.57. The molecule has 1 aromatic carbocycles. The molecule has 1 N–H and O–H groups in total. The maximum Gasteiger partial charge on any atom is 0.338 e. The lowest BCUT2D eigenvalue weighted by atomic mass is 10.1. The van der Waals surface area contributed by atoms with Crippen LogP contribution in [0.2, 0.25) is 0 Å². The Morgan fingerprint density at radius 1 is 1.50 bits per heavy atom. The van der Waals surface area contributed by atoms with E-state index in [0.29, 0.717) is 13.2 Å². The summed E-state index contributed by atoms with van der Waals surface area (Å²) >= 11 is 0. The lowest BCUT2D eigenvalue weighted by molar-refractivity contribution is 0.0630. The largest absolute Gasteiger partial charge is 0.478 e. The van der Waals surface area contributed by atoms with Crippen molar-refractivity contribution in [3.8, 4) is 0 Å². The number of ether oxygens (including phenoxy) is 1. The Bertz CT molecular complexity index is 532. The van der Waals surface area contributed by atoms with Gasteiger partial charge < -0.3 is 14.7 Å². The highest BCUT2D eigenvalue weighted by atomic mass is 19.1. The van der Waals surface area contributed by atoms with Crippen LogP contribution in [0, 0.1) is 5.82 Å². The van der Waals surface area contributed by atoms with Crippen molar-refractivity contribution >= 4 is 11.9 Å². The highest BCUT2D eigenvalue weighted by Gasteiger charge is 2.29. The molecule has 1 aromatic rings. The van der Waals surface area contributed by atoms with Gasteiger partial charge in [-0.15, -0.1) is 0 Å². The van der Waals surface area contributed by atoms with Crippen LogP contribution >= 0.6 is 0 Å². The second-order valence-electron chi connectivity index (χ2n) is 4.75. The molecule has 1 amide bonds. The van der Waals surface area contributed by atoms with Crippen LogP contribution < -0.4 is 0 Å². The number of carbonyl (C=O) groups is 2. The van der Waals surface area contributed by atoms with E-state index >= 15 is 0 Å². The smallest absolute Gasteiger partial charge is 0.338 e. The van der Waals surface area contributed by atoms with Crippen LogP contribution in [0.5, 0.6) is 0 Å². The molecule has 0 unspecified atom stereocenters. The van der Waals surface area contributed by atoms with Gasteiger partial charge in [0.15, 0.2) is 0 Å². The van der Waals surface area contributed by atoms with Gasteiger partial charge in [0.1, 0.15) is 5.82 Å². The number of carboxylic acid groups (broad SMARTS) is 1. The Morgan fingerprint density at radius 2 is 2.25 bits per heavy atom. The topological polar surface area (TPSA) is 66.8 Å². The molecule has 6 heteroatoms. The monoisotopic (exact) mass is 281 g/mol. The second-order valence-corrected chi connectivity index (χ2v) is 4.75. The average molecular weight is 281 g/mol. The highest BCUT2D eigenvalue weighted by Crippen LogP contribution is 2.21. The maximum atomic E-state index is 13.3. The first-order chi connectivity index (χ1) is 9.54. The van der Waals surface area contributed by atoms with Gasteiger partial charge in [0.25, 0.3) is 5.91 Å². The zero-order chi connectivity index (χ0) is 14.7. The van der Waals surface area contributed by atoms with Crippen molar-refractivity contribution in [2.75, 3.05) is 20.3 Å². The van der Waals surface area contributed by atoms with E-state index in [2.05, 4.69) is 0 Å². The molecule has 20 heavy (non-hydrogen) atoms. The molecule has 5 nitrogen and oxygen atoms in total. The summed E-state index contributed by atoms with van der Waals surface area (Å²) < 4.78 is 18.4. The number of nitrogens with zero attached hydrogens (tertiary/aromatic N) is 1. The number of benzene rings is 1. The third kappa shape index (κ3) is 2.80. The Balaban J connectivity index is 2.25. The fourth-order valence-corrected chi connectivity index (χ4v) is 2.46. The predicted molar refractivity (Wildman–Crippen MR) is 69.3 cm³/mol. The quantitative estimate of drug-likeness (QED) is 0.913. The minimum Gasteiger partial charge on any atom is -0.478 e. The van der Waals surface area contributed by atoms with Crippen molar-refractivity contribution in [1.82, 2.24) is 4.90 Å². The number of carbonyl (C=O) groups excluding carboxylic acids is 1.